The fraction of sp³-hybridized carbons (Fsp3) is 0.551. The first-order chi connectivity index (χ1) is 30.1. The van der Waals surface area contributed by atoms with Gasteiger partial charge < -0.3 is 29.5 Å². The summed E-state index contributed by atoms with van der Waals surface area (Å²) in [4.78, 5) is 29.5. The van der Waals surface area contributed by atoms with Crippen molar-refractivity contribution in [1.29, 1.82) is 0 Å². The van der Waals surface area contributed by atoms with Gasteiger partial charge in [-0.1, -0.05) is 87.3 Å². The SMILES string of the molecule is C=c1c(CCCCC)cc2c(c1CCCC)Oc1c(cc3c4c1CCCN4CCCC3)C=2c1c(Cl)c(SCC(=O)NCCOCCOCCCCCCCl)c(Cl)c(Cl)c1C(=O)O. The van der Waals surface area contributed by atoms with Gasteiger partial charge in [-0.25, -0.2) is 4.79 Å². The summed E-state index contributed by atoms with van der Waals surface area (Å²) in [5.41, 5.74) is 7.35. The van der Waals surface area contributed by atoms with Crippen LogP contribution in [0.15, 0.2) is 17.0 Å². The van der Waals surface area contributed by atoms with E-state index in [1.165, 1.54) is 11.3 Å². The Bertz CT molecular complexity index is 2200. The number of unbranched alkanes of at least 4 members (excludes halogenated alkanes) is 6. The highest BCUT2D eigenvalue weighted by Crippen LogP contribution is 2.52. The van der Waals surface area contributed by atoms with Gasteiger partial charge in [-0.15, -0.1) is 23.4 Å². The van der Waals surface area contributed by atoms with Crippen LogP contribution in [0.4, 0.5) is 5.69 Å². The number of aromatic carboxylic acids is 1. The molecule has 6 rings (SSSR count). The summed E-state index contributed by atoms with van der Waals surface area (Å²) in [6.07, 6.45) is 15.8. The normalized spacial score (nSPS) is 14.2. The molecule has 0 radical (unpaired) electrons. The Labute approximate surface area is 392 Å². The number of carbonyl (C=O) groups excluding carboxylic acids is 1. The second kappa shape index (κ2) is 24.1. The van der Waals surface area contributed by atoms with E-state index in [2.05, 4.69) is 42.8 Å². The van der Waals surface area contributed by atoms with Crippen molar-refractivity contribution >= 4 is 87.9 Å². The van der Waals surface area contributed by atoms with Crippen molar-refractivity contribution in [3.8, 4) is 11.5 Å². The number of aryl methyl sites for hydroxylation is 2. The van der Waals surface area contributed by atoms with Gasteiger partial charge in [0, 0.05) is 75.7 Å². The first kappa shape index (κ1) is 48.8. The van der Waals surface area contributed by atoms with Crippen LogP contribution in [-0.4, -0.2) is 74.7 Å². The largest absolute Gasteiger partial charge is 0.478 e. The van der Waals surface area contributed by atoms with Crippen molar-refractivity contribution in [1.82, 2.24) is 5.32 Å². The first-order valence-corrected chi connectivity index (χ1v) is 25.3. The first-order valence-electron chi connectivity index (χ1n) is 22.7. The van der Waals surface area contributed by atoms with Gasteiger partial charge >= 0.3 is 5.97 Å². The third-order valence-corrected chi connectivity index (χ3v) is 14.9. The Morgan fingerprint density at radius 1 is 0.855 bits per heavy atom. The average molecular weight is 949 g/mol. The van der Waals surface area contributed by atoms with Gasteiger partial charge in [0.2, 0.25) is 5.91 Å². The highest BCUT2D eigenvalue weighted by atomic mass is 35.5. The van der Waals surface area contributed by atoms with Crippen LogP contribution < -0.4 is 25.4 Å². The van der Waals surface area contributed by atoms with E-state index in [9.17, 15) is 14.7 Å². The molecule has 0 spiro atoms. The van der Waals surface area contributed by atoms with Crippen LogP contribution in [0, 0.1) is 0 Å². The Morgan fingerprint density at radius 2 is 1.61 bits per heavy atom. The molecular weight excluding hydrogens is 886 g/mol. The minimum atomic E-state index is -1.25. The third-order valence-electron chi connectivity index (χ3n) is 12.1. The molecule has 0 atom stereocenters. The maximum atomic E-state index is 13.5. The zero-order valence-electron chi connectivity index (χ0n) is 36.4. The third kappa shape index (κ3) is 11.4. The Kier molecular flexibility index (Phi) is 18.9. The van der Waals surface area contributed by atoms with E-state index in [1.807, 2.05) is 0 Å². The lowest BCUT2D eigenvalue weighted by molar-refractivity contribution is -0.118. The van der Waals surface area contributed by atoms with Crippen LogP contribution in [0.25, 0.3) is 12.2 Å². The number of nitrogens with one attached hydrogen (secondary N) is 1. The number of hydrogen-bond acceptors (Lipinski definition) is 7. The number of hydrogen-bond donors (Lipinski definition) is 2. The van der Waals surface area contributed by atoms with E-state index in [0.717, 1.165) is 166 Å². The maximum Gasteiger partial charge on any atom is 0.337 e. The second-order valence-corrected chi connectivity index (χ2v) is 19.0. The number of ether oxygens (including phenoxy) is 3. The summed E-state index contributed by atoms with van der Waals surface area (Å²) in [6, 6.07) is 4.36. The fourth-order valence-corrected chi connectivity index (χ4v) is 11.2. The van der Waals surface area contributed by atoms with Crippen LogP contribution in [0.3, 0.4) is 0 Å². The molecule has 1 amide bonds. The molecule has 0 aromatic heterocycles. The van der Waals surface area contributed by atoms with Crippen molar-refractivity contribution < 1.29 is 28.9 Å². The van der Waals surface area contributed by atoms with Crippen LogP contribution in [0.1, 0.15) is 135 Å². The molecule has 0 aliphatic carbocycles. The summed E-state index contributed by atoms with van der Waals surface area (Å²) in [6.45, 7) is 13.3. The highest BCUT2D eigenvalue weighted by Gasteiger charge is 2.36. The number of alkyl halides is 1. The minimum absolute atomic E-state index is 0.00392. The topological polar surface area (TPSA) is 97.3 Å². The predicted octanol–water partition coefficient (Wildman–Crippen LogP) is 11.3. The number of carboxylic acid groups (broad SMARTS) is 1. The Balaban J connectivity index is 1.40. The molecule has 2 N–H and O–H groups in total. The number of nitrogens with zero attached hydrogens (tertiary/aromatic N) is 1. The van der Waals surface area contributed by atoms with E-state index in [0.29, 0.717) is 55.1 Å². The van der Waals surface area contributed by atoms with E-state index < -0.39 is 5.97 Å². The number of amides is 1. The number of anilines is 1. The lowest BCUT2D eigenvalue weighted by atomic mass is 9.83. The van der Waals surface area contributed by atoms with Gasteiger partial charge in [0.05, 0.1) is 46.2 Å². The molecule has 3 aliphatic rings. The summed E-state index contributed by atoms with van der Waals surface area (Å²) in [5.74, 6) is 0.614. The number of thioether (sulfide) groups is 1. The second-order valence-electron chi connectivity index (χ2n) is 16.5. The molecule has 3 aliphatic heterocycles. The van der Waals surface area contributed by atoms with Crippen molar-refractivity contribution in [3.63, 3.8) is 0 Å². The van der Waals surface area contributed by atoms with Crippen molar-refractivity contribution in [2.45, 2.75) is 121 Å². The summed E-state index contributed by atoms with van der Waals surface area (Å²) in [7, 11) is 0. The van der Waals surface area contributed by atoms with Gasteiger partial charge in [0.1, 0.15) is 11.5 Å². The molecule has 338 valence electrons. The quantitative estimate of drug-likeness (QED) is 0.0310. The number of carboxylic acids is 1. The molecule has 0 saturated carbocycles. The Hall–Kier alpha value is -2.63. The van der Waals surface area contributed by atoms with Gasteiger partial charge in [-0.2, -0.15) is 0 Å². The number of benzene rings is 3. The van der Waals surface area contributed by atoms with E-state index in [-0.39, 0.29) is 37.9 Å². The molecule has 0 bridgehead atoms. The summed E-state index contributed by atoms with van der Waals surface area (Å²) in [5, 5.41) is 15.7. The molecule has 0 fully saturated rings. The van der Waals surface area contributed by atoms with Gasteiger partial charge in [0.15, 0.2) is 0 Å². The van der Waals surface area contributed by atoms with Gasteiger partial charge in [-0.05, 0) is 99.1 Å². The minimum Gasteiger partial charge on any atom is -0.478 e. The van der Waals surface area contributed by atoms with Crippen LogP contribution in [0.2, 0.25) is 15.1 Å². The average Bonchev–Trinajstić information content (AvgIpc) is 3.47. The summed E-state index contributed by atoms with van der Waals surface area (Å²) >= 11 is 28.4. The number of rotatable bonds is 24. The van der Waals surface area contributed by atoms with E-state index >= 15 is 0 Å². The molecule has 3 heterocycles. The number of carbonyl (C=O) groups is 2. The zero-order valence-corrected chi connectivity index (χ0v) is 40.2. The molecule has 8 nitrogen and oxygen atoms in total. The molecular formula is C49H62Cl4N2O6S. The van der Waals surface area contributed by atoms with Crippen molar-refractivity contribution in [2.75, 3.05) is 62.6 Å². The number of halogens is 4. The van der Waals surface area contributed by atoms with Crippen molar-refractivity contribution in [2.24, 2.45) is 0 Å². The van der Waals surface area contributed by atoms with Gasteiger partial charge in [0.25, 0.3) is 0 Å². The monoisotopic (exact) mass is 946 g/mol. The van der Waals surface area contributed by atoms with Crippen LogP contribution in [-0.2, 0) is 40.0 Å². The van der Waals surface area contributed by atoms with E-state index in [4.69, 9.17) is 60.6 Å². The lowest BCUT2D eigenvalue weighted by Gasteiger charge is -2.36. The standard InChI is InChI=1S/C49H62Cl4N2O6S/c1-4-6-10-16-32-28-36-39(37-29-33-17-11-13-22-55-23-15-19-35(45(33)55)47(37)61-46(36)34(31(32)3)18-7-5-2)40-41(49(57)58)42(51)44(53)48(43(40)52)62-30-38(56)54-21-25-60-27-26-59-24-14-9-8-12-20-50/h28-29H,3-27,30H2,1-2H3,(H,54,56)(H,57,58). The maximum absolute atomic E-state index is 13.5. The highest BCUT2D eigenvalue weighted by molar-refractivity contribution is 8.00. The molecule has 62 heavy (non-hydrogen) atoms. The summed E-state index contributed by atoms with van der Waals surface area (Å²) < 4.78 is 18.5. The molecule has 3 aromatic rings. The smallest absolute Gasteiger partial charge is 0.337 e. The van der Waals surface area contributed by atoms with Gasteiger partial charge in [-0.3, -0.25) is 4.79 Å². The predicted molar refractivity (Wildman–Crippen MR) is 258 cm³/mol. The molecule has 0 unspecified atom stereocenters. The lowest BCUT2D eigenvalue weighted by Crippen LogP contribution is -2.32. The van der Waals surface area contributed by atoms with Crippen molar-refractivity contribution in [3.05, 3.63) is 76.6 Å². The molecule has 0 saturated heterocycles. The molecule has 13 heteroatoms. The Morgan fingerprint density at radius 3 is 2.37 bits per heavy atom. The van der Waals surface area contributed by atoms with Crippen LogP contribution >= 0.6 is 58.2 Å². The number of fused-ring (bicyclic) bond motifs is 3. The molecule has 3 aromatic carbocycles. The van der Waals surface area contributed by atoms with E-state index in [1.54, 1.807) is 0 Å². The zero-order chi connectivity index (χ0) is 44.2. The fourth-order valence-electron chi connectivity index (χ4n) is 8.96. The van der Waals surface area contributed by atoms with Crippen LogP contribution in [0.5, 0.6) is 11.5 Å².